The number of ether oxygens (including phenoxy) is 1. The number of carbonyl (C=O) groups is 1. The van der Waals surface area contributed by atoms with E-state index in [1.54, 1.807) is 18.9 Å². The van der Waals surface area contributed by atoms with Gasteiger partial charge in [0.1, 0.15) is 11.3 Å². The lowest BCUT2D eigenvalue weighted by Crippen LogP contribution is -2.12. The number of fused-ring (bicyclic) bond motifs is 1. The van der Waals surface area contributed by atoms with Crippen molar-refractivity contribution in [2.24, 2.45) is 0 Å². The Balaban J connectivity index is 1.64. The van der Waals surface area contributed by atoms with Crippen molar-refractivity contribution in [2.75, 3.05) is 18.2 Å². The molecule has 2 aromatic heterocycles. The maximum absolute atomic E-state index is 12.0. The van der Waals surface area contributed by atoms with E-state index in [1.165, 1.54) is 11.3 Å². The van der Waals surface area contributed by atoms with Gasteiger partial charge in [-0.05, 0) is 31.5 Å². The van der Waals surface area contributed by atoms with Crippen LogP contribution in [-0.2, 0) is 4.79 Å². The highest BCUT2D eigenvalue weighted by atomic mass is 32.2. The Morgan fingerprint density at radius 2 is 2.16 bits per heavy atom. The van der Waals surface area contributed by atoms with E-state index >= 15 is 0 Å². The van der Waals surface area contributed by atoms with E-state index in [0.29, 0.717) is 17.3 Å². The molecule has 0 saturated heterocycles. The van der Waals surface area contributed by atoms with Crippen LogP contribution in [0.3, 0.4) is 0 Å². The fourth-order valence-electron chi connectivity index (χ4n) is 2.44. The Kier molecular flexibility index (Phi) is 5.55. The van der Waals surface area contributed by atoms with E-state index in [0.717, 1.165) is 32.9 Å². The van der Waals surface area contributed by atoms with Crippen molar-refractivity contribution < 1.29 is 9.53 Å². The maximum atomic E-state index is 12.0. The fourth-order valence-corrected chi connectivity index (χ4v) is 4.06. The number of hydrogen-bond donors (Lipinski definition) is 1. The van der Waals surface area contributed by atoms with Crippen LogP contribution in [0.15, 0.2) is 34.7 Å². The quantitative estimate of drug-likeness (QED) is 0.647. The van der Waals surface area contributed by atoms with Crippen LogP contribution in [0.1, 0.15) is 17.7 Å². The van der Waals surface area contributed by atoms with Gasteiger partial charge in [0.2, 0.25) is 5.91 Å². The molecule has 130 valence electrons. The predicted octanol–water partition coefficient (Wildman–Crippen LogP) is 4.44. The zero-order valence-corrected chi connectivity index (χ0v) is 16.0. The normalized spacial score (nSPS) is 10.8. The molecule has 0 aliphatic rings. The molecule has 1 amide bonds. The van der Waals surface area contributed by atoms with Gasteiger partial charge in [-0.15, -0.1) is 23.1 Å². The molecule has 0 bridgehead atoms. The number of pyridine rings is 1. The molecule has 0 aliphatic heterocycles. The summed E-state index contributed by atoms with van der Waals surface area (Å²) in [5.74, 6) is 1.39. The Morgan fingerprint density at radius 1 is 1.32 bits per heavy atom. The minimum absolute atomic E-state index is 0.0306. The van der Waals surface area contributed by atoms with E-state index in [1.807, 2.05) is 30.5 Å². The number of amides is 1. The number of thioether (sulfide) groups is 1. The smallest absolute Gasteiger partial charge is 0.226 e. The molecule has 0 fully saturated rings. The molecular formula is C18H19N3O2S2. The number of carbonyl (C=O) groups excluding carboxylic acids is 1. The molecular weight excluding hydrogens is 354 g/mol. The first kappa shape index (κ1) is 17.7. The fraction of sp³-hybridized carbons (Fsp3) is 0.278. The van der Waals surface area contributed by atoms with Gasteiger partial charge in [0, 0.05) is 22.9 Å². The molecule has 0 spiro atoms. The van der Waals surface area contributed by atoms with Crippen molar-refractivity contribution in [1.29, 1.82) is 0 Å². The van der Waals surface area contributed by atoms with Crippen molar-refractivity contribution in [1.82, 2.24) is 9.97 Å². The molecule has 3 rings (SSSR count). The number of methoxy groups -OCH3 is 1. The molecule has 5 nitrogen and oxygen atoms in total. The van der Waals surface area contributed by atoms with Crippen LogP contribution in [0.5, 0.6) is 5.75 Å². The van der Waals surface area contributed by atoms with Gasteiger partial charge in [-0.2, -0.15) is 0 Å². The second kappa shape index (κ2) is 7.84. The van der Waals surface area contributed by atoms with E-state index in [4.69, 9.17) is 4.74 Å². The van der Waals surface area contributed by atoms with E-state index in [9.17, 15) is 4.79 Å². The molecule has 0 atom stereocenters. The van der Waals surface area contributed by atoms with Crippen LogP contribution >= 0.6 is 23.1 Å². The van der Waals surface area contributed by atoms with Gasteiger partial charge in [-0.25, -0.2) is 9.97 Å². The molecule has 0 aliphatic carbocycles. The average molecular weight is 374 g/mol. The van der Waals surface area contributed by atoms with Crippen LogP contribution < -0.4 is 10.1 Å². The number of thiazole rings is 1. The van der Waals surface area contributed by atoms with E-state index in [-0.39, 0.29) is 5.91 Å². The van der Waals surface area contributed by atoms with Crippen LogP contribution in [0.2, 0.25) is 0 Å². The minimum atomic E-state index is -0.0306. The molecule has 3 aromatic rings. The number of aryl methyl sites for hydroxylation is 2. The zero-order valence-electron chi connectivity index (χ0n) is 14.3. The first-order chi connectivity index (χ1) is 12.1. The number of aromatic nitrogens is 2. The van der Waals surface area contributed by atoms with Crippen molar-refractivity contribution in [3.05, 3.63) is 40.9 Å². The lowest BCUT2D eigenvalue weighted by Gasteiger charge is -2.09. The first-order valence-electron chi connectivity index (χ1n) is 7.86. The summed E-state index contributed by atoms with van der Waals surface area (Å²) in [4.78, 5) is 20.9. The molecule has 2 heterocycles. The summed E-state index contributed by atoms with van der Waals surface area (Å²) in [6, 6.07) is 7.96. The highest BCUT2D eigenvalue weighted by molar-refractivity contribution is 7.99. The summed E-state index contributed by atoms with van der Waals surface area (Å²) in [5, 5.41) is 7.37. The Labute approximate surface area is 154 Å². The Hall–Kier alpha value is -2.12. The zero-order chi connectivity index (χ0) is 17.8. The van der Waals surface area contributed by atoms with Gasteiger partial charge in [0.05, 0.1) is 17.8 Å². The minimum Gasteiger partial charge on any atom is -0.494 e. The van der Waals surface area contributed by atoms with Gasteiger partial charge in [-0.1, -0.05) is 12.1 Å². The molecule has 1 aromatic carbocycles. The third-order valence-corrected chi connectivity index (χ3v) is 5.44. The molecule has 7 heteroatoms. The molecule has 1 N–H and O–H groups in total. The topological polar surface area (TPSA) is 64.1 Å². The summed E-state index contributed by atoms with van der Waals surface area (Å²) in [6.07, 6.45) is 0.411. The van der Waals surface area contributed by atoms with Gasteiger partial charge in [-0.3, -0.25) is 4.79 Å². The van der Waals surface area contributed by atoms with Crippen molar-refractivity contribution in [3.8, 4) is 5.75 Å². The number of nitrogens with one attached hydrogen (secondary N) is 1. The lowest BCUT2D eigenvalue weighted by atomic mass is 10.1. The summed E-state index contributed by atoms with van der Waals surface area (Å²) >= 11 is 3.01. The van der Waals surface area contributed by atoms with Gasteiger partial charge < -0.3 is 10.1 Å². The number of anilines is 1. The third-order valence-electron chi connectivity index (χ3n) is 3.65. The number of hydrogen-bond acceptors (Lipinski definition) is 6. The first-order valence-corrected chi connectivity index (χ1v) is 9.72. The molecule has 0 radical (unpaired) electrons. The van der Waals surface area contributed by atoms with Gasteiger partial charge in [0.15, 0.2) is 5.13 Å². The SMILES string of the molecule is COc1cccc2c(C)cc(SCCC(=O)Nc3nc(C)cs3)nc12. The highest BCUT2D eigenvalue weighted by Crippen LogP contribution is 2.29. The van der Waals surface area contributed by atoms with Gasteiger partial charge in [0.25, 0.3) is 0 Å². The van der Waals surface area contributed by atoms with Gasteiger partial charge >= 0.3 is 0 Å². The van der Waals surface area contributed by atoms with E-state index in [2.05, 4.69) is 28.3 Å². The monoisotopic (exact) mass is 373 g/mol. The van der Waals surface area contributed by atoms with Crippen molar-refractivity contribution >= 4 is 45.0 Å². The summed E-state index contributed by atoms with van der Waals surface area (Å²) in [5.41, 5.74) is 2.92. The van der Waals surface area contributed by atoms with Crippen molar-refractivity contribution in [3.63, 3.8) is 0 Å². The average Bonchev–Trinajstić information content (AvgIpc) is 2.99. The largest absolute Gasteiger partial charge is 0.494 e. The maximum Gasteiger partial charge on any atom is 0.226 e. The summed E-state index contributed by atoms with van der Waals surface area (Å²) < 4.78 is 5.41. The second-order valence-electron chi connectivity index (χ2n) is 5.57. The standard InChI is InChI=1S/C18H19N3O2S2/c1-11-9-16(21-17-13(11)5-4-6-14(17)23-3)24-8-7-15(22)20-18-19-12(2)10-25-18/h4-6,9-10H,7-8H2,1-3H3,(H,19,20,22). The van der Waals surface area contributed by atoms with Crippen molar-refractivity contribution in [2.45, 2.75) is 25.3 Å². The van der Waals surface area contributed by atoms with Crippen LogP contribution in [0.25, 0.3) is 10.9 Å². The molecule has 0 unspecified atom stereocenters. The second-order valence-corrected chi connectivity index (χ2v) is 7.55. The Bertz CT molecular complexity index is 908. The Morgan fingerprint density at radius 3 is 2.88 bits per heavy atom. The predicted molar refractivity (Wildman–Crippen MR) is 104 cm³/mol. The molecule has 0 saturated carbocycles. The molecule has 25 heavy (non-hydrogen) atoms. The number of nitrogens with zero attached hydrogens (tertiary/aromatic N) is 2. The highest BCUT2D eigenvalue weighted by Gasteiger charge is 2.10. The summed E-state index contributed by atoms with van der Waals surface area (Å²) in [6.45, 7) is 3.97. The lowest BCUT2D eigenvalue weighted by molar-refractivity contribution is -0.115. The summed E-state index contributed by atoms with van der Waals surface area (Å²) in [7, 11) is 1.65. The van der Waals surface area contributed by atoms with Crippen LogP contribution in [0, 0.1) is 13.8 Å². The number of benzene rings is 1. The van der Waals surface area contributed by atoms with Crippen LogP contribution in [-0.4, -0.2) is 28.7 Å². The third kappa shape index (κ3) is 4.29. The van der Waals surface area contributed by atoms with E-state index < -0.39 is 0 Å². The number of para-hydroxylation sites is 1. The van der Waals surface area contributed by atoms with Crippen LogP contribution in [0.4, 0.5) is 5.13 Å². The number of rotatable bonds is 6.